The summed E-state index contributed by atoms with van der Waals surface area (Å²) in [5, 5.41) is 24.6. The zero-order chi connectivity index (χ0) is 16.0. The molecule has 114 valence electrons. The molecule has 0 heterocycles. The van der Waals surface area contributed by atoms with Crippen LogP contribution in [-0.4, -0.2) is 25.7 Å². The second-order valence-electron chi connectivity index (χ2n) is 4.47. The molecule has 0 aromatic heterocycles. The number of rotatable bonds is 7. The molecule has 0 saturated heterocycles. The molecule has 0 bridgehead atoms. The molecule has 0 aliphatic carbocycles. The van der Waals surface area contributed by atoms with E-state index in [2.05, 4.69) is 0 Å². The summed E-state index contributed by atoms with van der Waals surface area (Å²) in [6.07, 6.45) is 0.501. The molecule has 0 saturated carbocycles. The van der Waals surface area contributed by atoms with Crippen molar-refractivity contribution >= 4 is 15.7 Å². The molecular formula is C12H15N3O5S. The van der Waals surface area contributed by atoms with E-state index >= 15 is 0 Å². The Balaban J connectivity index is 2.88. The summed E-state index contributed by atoms with van der Waals surface area (Å²) < 4.78 is 27.4. The number of sulfonamides is 1. The first-order valence-electron chi connectivity index (χ1n) is 6.08. The second kappa shape index (κ2) is 7.01. The Hall–Kier alpha value is -2.18. The minimum Gasteiger partial charge on any atom is -0.486 e. The molecule has 0 fully saturated rings. The number of nitrogens with two attached hydrogens (primary N) is 1. The fraction of sp³-hybridized carbons (Fsp3) is 0.417. The van der Waals surface area contributed by atoms with Crippen LogP contribution in [-0.2, 0) is 10.0 Å². The van der Waals surface area contributed by atoms with Crippen LogP contribution >= 0.6 is 0 Å². The van der Waals surface area contributed by atoms with E-state index in [1.54, 1.807) is 13.0 Å². The summed E-state index contributed by atoms with van der Waals surface area (Å²) in [4.78, 5) is 10.3. The van der Waals surface area contributed by atoms with Crippen molar-refractivity contribution in [2.75, 3.05) is 12.4 Å². The van der Waals surface area contributed by atoms with E-state index in [1.165, 1.54) is 12.1 Å². The summed E-state index contributed by atoms with van der Waals surface area (Å²) >= 11 is 0. The lowest BCUT2D eigenvalue weighted by Crippen LogP contribution is -2.26. The molecule has 21 heavy (non-hydrogen) atoms. The van der Waals surface area contributed by atoms with Gasteiger partial charge in [0.15, 0.2) is 5.75 Å². The van der Waals surface area contributed by atoms with Gasteiger partial charge in [-0.15, -0.1) is 0 Å². The molecule has 0 aliphatic heterocycles. The van der Waals surface area contributed by atoms with E-state index in [0.717, 1.165) is 6.07 Å². The van der Waals surface area contributed by atoms with Gasteiger partial charge in [-0.25, -0.2) is 13.6 Å². The molecule has 0 amide bonds. The number of nitrogens with zero attached hydrogens (tertiary/aromatic N) is 2. The van der Waals surface area contributed by atoms with Crippen LogP contribution in [0.2, 0.25) is 0 Å². The molecule has 0 aliphatic rings. The van der Waals surface area contributed by atoms with Crippen molar-refractivity contribution in [1.29, 1.82) is 5.26 Å². The molecule has 1 aromatic rings. The average molecular weight is 313 g/mol. The van der Waals surface area contributed by atoms with Gasteiger partial charge in [-0.2, -0.15) is 5.26 Å². The summed E-state index contributed by atoms with van der Waals surface area (Å²) in [6.45, 7) is 1.76. The zero-order valence-electron chi connectivity index (χ0n) is 11.4. The lowest BCUT2D eigenvalue weighted by atomic mass is 10.1. The van der Waals surface area contributed by atoms with Gasteiger partial charge in [0.1, 0.15) is 0 Å². The highest BCUT2D eigenvalue weighted by atomic mass is 32.2. The van der Waals surface area contributed by atoms with Crippen LogP contribution in [0, 0.1) is 27.4 Å². The number of primary sulfonamides is 1. The summed E-state index contributed by atoms with van der Waals surface area (Å²) in [5.74, 6) is -0.629. The van der Waals surface area contributed by atoms with Gasteiger partial charge >= 0.3 is 5.69 Å². The lowest BCUT2D eigenvalue weighted by molar-refractivity contribution is -0.385. The molecule has 1 rings (SSSR count). The maximum absolute atomic E-state index is 11.0. The maximum Gasteiger partial charge on any atom is 0.312 e. The molecule has 0 radical (unpaired) electrons. The minimum absolute atomic E-state index is 0.00753. The highest BCUT2D eigenvalue weighted by Crippen LogP contribution is 2.28. The quantitative estimate of drug-likeness (QED) is 0.592. The largest absolute Gasteiger partial charge is 0.486 e. The molecule has 1 atom stereocenters. The van der Waals surface area contributed by atoms with Crippen LogP contribution in [0.1, 0.15) is 18.9 Å². The van der Waals surface area contributed by atoms with Crippen molar-refractivity contribution in [2.24, 2.45) is 11.1 Å². The minimum atomic E-state index is -3.63. The van der Waals surface area contributed by atoms with Crippen molar-refractivity contribution in [2.45, 2.75) is 13.3 Å². The van der Waals surface area contributed by atoms with Gasteiger partial charge in [0.05, 0.1) is 28.9 Å². The zero-order valence-corrected chi connectivity index (χ0v) is 12.2. The number of ether oxygens (including phenoxy) is 1. The third kappa shape index (κ3) is 5.37. The highest BCUT2D eigenvalue weighted by Gasteiger charge is 2.19. The number of hydrogen-bond donors (Lipinski definition) is 1. The van der Waals surface area contributed by atoms with Gasteiger partial charge in [-0.3, -0.25) is 10.1 Å². The van der Waals surface area contributed by atoms with Crippen molar-refractivity contribution in [3.05, 3.63) is 33.9 Å². The number of nitro benzene ring substituents is 1. The summed E-state index contributed by atoms with van der Waals surface area (Å²) in [5.41, 5.74) is -0.190. The standard InChI is InChI=1S/C12H15N3O5S/c1-2-9(8-21(14,18)19)7-20-12-4-3-10(6-13)5-11(12)15(16)17/h3-5,9H,2,7-8H2,1H3,(H2,14,18,19). The first-order valence-corrected chi connectivity index (χ1v) is 7.80. The Morgan fingerprint density at radius 1 is 1.52 bits per heavy atom. The number of hydrogen-bond acceptors (Lipinski definition) is 6. The topological polar surface area (TPSA) is 136 Å². The first-order chi connectivity index (χ1) is 9.76. The Bertz CT molecular complexity index is 666. The smallest absolute Gasteiger partial charge is 0.312 e. The maximum atomic E-state index is 11.0. The average Bonchev–Trinajstić information content (AvgIpc) is 2.41. The Morgan fingerprint density at radius 2 is 2.19 bits per heavy atom. The predicted molar refractivity (Wildman–Crippen MR) is 75.1 cm³/mol. The van der Waals surface area contributed by atoms with Crippen LogP contribution in [0.5, 0.6) is 5.75 Å². The Labute approximate surface area is 122 Å². The van der Waals surface area contributed by atoms with E-state index in [-0.39, 0.29) is 35.3 Å². The van der Waals surface area contributed by atoms with E-state index < -0.39 is 14.9 Å². The summed E-state index contributed by atoms with van der Waals surface area (Å²) in [7, 11) is -3.63. The monoisotopic (exact) mass is 313 g/mol. The molecule has 0 spiro atoms. The van der Waals surface area contributed by atoms with Gasteiger partial charge in [0, 0.05) is 12.0 Å². The number of nitriles is 1. The second-order valence-corrected chi connectivity index (χ2v) is 6.13. The van der Waals surface area contributed by atoms with Gasteiger partial charge in [0.25, 0.3) is 0 Å². The SMILES string of the molecule is CCC(COc1ccc(C#N)cc1[N+](=O)[O-])CS(N)(=O)=O. The van der Waals surface area contributed by atoms with E-state index in [0.29, 0.717) is 6.42 Å². The van der Waals surface area contributed by atoms with E-state index in [4.69, 9.17) is 15.1 Å². The summed E-state index contributed by atoms with van der Waals surface area (Å²) in [6, 6.07) is 5.62. The van der Waals surface area contributed by atoms with Crippen molar-refractivity contribution < 1.29 is 18.1 Å². The molecule has 9 heteroatoms. The molecular weight excluding hydrogens is 298 g/mol. The number of benzene rings is 1. The number of nitro groups is 1. The van der Waals surface area contributed by atoms with Crippen LogP contribution < -0.4 is 9.88 Å². The molecule has 1 aromatic carbocycles. The Kier molecular flexibility index (Phi) is 5.63. The predicted octanol–water partition coefficient (Wildman–Crippen LogP) is 1.16. The first kappa shape index (κ1) is 16.9. The van der Waals surface area contributed by atoms with Crippen LogP contribution in [0.15, 0.2) is 18.2 Å². The fourth-order valence-electron chi connectivity index (χ4n) is 1.67. The van der Waals surface area contributed by atoms with E-state index in [1.807, 2.05) is 0 Å². The molecule has 2 N–H and O–H groups in total. The van der Waals surface area contributed by atoms with Crippen molar-refractivity contribution in [3.63, 3.8) is 0 Å². The molecule has 8 nitrogen and oxygen atoms in total. The normalized spacial score (nSPS) is 12.4. The Morgan fingerprint density at radius 3 is 2.67 bits per heavy atom. The third-order valence-corrected chi connectivity index (χ3v) is 3.74. The van der Waals surface area contributed by atoms with Crippen molar-refractivity contribution in [1.82, 2.24) is 0 Å². The van der Waals surface area contributed by atoms with Gasteiger partial charge in [-0.05, 0) is 18.6 Å². The van der Waals surface area contributed by atoms with Crippen molar-refractivity contribution in [3.8, 4) is 11.8 Å². The highest BCUT2D eigenvalue weighted by molar-refractivity contribution is 7.89. The van der Waals surface area contributed by atoms with E-state index in [9.17, 15) is 18.5 Å². The van der Waals surface area contributed by atoms with Crippen LogP contribution in [0.25, 0.3) is 0 Å². The van der Waals surface area contributed by atoms with Crippen LogP contribution in [0.3, 0.4) is 0 Å². The van der Waals surface area contributed by atoms with Gasteiger partial charge in [0.2, 0.25) is 10.0 Å². The van der Waals surface area contributed by atoms with Gasteiger partial charge in [-0.1, -0.05) is 6.92 Å². The fourth-order valence-corrected chi connectivity index (χ4v) is 2.66. The molecule has 1 unspecified atom stereocenters. The third-order valence-electron chi connectivity index (χ3n) is 2.80. The lowest BCUT2D eigenvalue weighted by Gasteiger charge is -2.14. The van der Waals surface area contributed by atoms with Gasteiger partial charge < -0.3 is 4.74 Å². The van der Waals surface area contributed by atoms with Crippen LogP contribution in [0.4, 0.5) is 5.69 Å².